The number of fused-ring (bicyclic) bond motifs is 12. The average Bonchev–Trinajstić information content (AvgIpc) is 3.25. The molecule has 0 aliphatic carbocycles. The highest BCUT2D eigenvalue weighted by atomic mass is 15.2. The SMILES string of the molecule is CC(C)(C)c1cc(-c2ccc(N3c4cc(-n5c6ccccc6c6ccccc65)ccc4B4c5cc(-c6ccccc6)cc6c5N(c5ccc(-c7ccccc7)cc5-c5ccccc5-6)c5cccc3c54)cc2)cc(C(C)(C)C)c1. The summed E-state index contributed by atoms with van der Waals surface area (Å²) in [5.41, 5.74) is 29.4. The third-order valence-electron chi connectivity index (χ3n) is 17.0. The first-order valence-corrected chi connectivity index (χ1v) is 27.6. The smallest absolute Gasteiger partial charge is 0.252 e. The van der Waals surface area contributed by atoms with Crippen LogP contribution in [0.1, 0.15) is 52.7 Å². The van der Waals surface area contributed by atoms with Crippen molar-refractivity contribution in [2.45, 2.75) is 52.4 Å². The predicted molar refractivity (Wildman–Crippen MR) is 333 cm³/mol. The van der Waals surface area contributed by atoms with E-state index < -0.39 is 0 Å². The molecule has 0 unspecified atom stereocenters. The van der Waals surface area contributed by atoms with Crippen LogP contribution in [0.3, 0.4) is 0 Å². The van der Waals surface area contributed by atoms with Crippen molar-refractivity contribution in [2.75, 3.05) is 9.80 Å². The summed E-state index contributed by atoms with van der Waals surface area (Å²) in [4.78, 5) is 5.18. The molecule has 372 valence electrons. The van der Waals surface area contributed by atoms with Gasteiger partial charge < -0.3 is 14.4 Å². The summed E-state index contributed by atoms with van der Waals surface area (Å²) in [5, 5.41) is 2.50. The van der Waals surface area contributed by atoms with Crippen molar-refractivity contribution in [3.05, 3.63) is 254 Å². The van der Waals surface area contributed by atoms with E-state index in [2.05, 4.69) is 299 Å². The largest absolute Gasteiger partial charge is 0.311 e. The van der Waals surface area contributed by atoms with Crippen LogP contribution in [0.15, 0.2) is 243 Å². The maximum Gasteiger partial charge on any atom is 0.252 e. The van der Waals surface area contributed by atoms with E-state index >= 15 is 0 Å². The Bertz CT molecular complexity index is 4320. The van der Waals surface area contributed by atoms with Crippen molar-refractivity contribution in [3.8, 4) is 61.3 Å². The Labute approximate surface area is 458 Å². The molecule has 3 nitrogen and oxygen atoms in total. The summed E-state index contributed by atoms with van der Waals surface area (Å²) in [6.45, 7) is 13.9. The maximum absolute atomic E-state index is 2.62. The van der Waals surface area contributed by atoms with Crippen LogP contribution in [-0.2, 0) is 10.8 Å². The van der Waals surface area contributed by atoms with Gasteiger partial charge in [-0.25, -0.2) is 0 Å². The first-order chi connectivity index (χ1) is 38.0. The number of aromatic nitrogens is 1. The van der Waals surface area contributed by atoms with Gasteiger partial charge in [0.2, 0.25) is 0 Å². The Kier molecular flexibility index (Phi) is 10.2. The van der Waals surface area contributed by atoms with Gasteiger partial charge in [0.1, 0.15) is 0 Å². The summed E-state index contributed by atoms with van der Waals surface area (Å²) in [7, 11) is 0. The van der Waals surface area contributed by atoms with Crippen molar-refractivity contribution < 1.29 is 0 Å². The molecule has 0 saturated carbocycles. The molecule has 0 spiro atoms. The number of hydrogen-bond acceptors (Lipinski definition) is 2. The van der Waals surface area contributed by atoms with E-state index in [1.54, 1.807) is 0 Å². The molecule has 15 rings (SSSR count). The Morgan fingerprint density at radius 3 is 1.46 bits per heavy atom. The molecule has 1 aromatic heterocycles. The lowest BCUT2D eigenvalue weighted by Gasteiger charge is -2.45. The zero-order valence-corrected chi connectivity index (χ0v) is 45.0. The quantitative estimate of drug-likeness (QED) is 0.159. The minimum atomic E-state index is -0.0872. The molecule has 4 heteroatoms. The molecule has 12 aromatic rings. The van der Waals surface area contributed by atoms with Crippen LogP contribution in [-0.4, -0.2) is 11.3 Å². The molecule has 0 bridgehead atoms. The number of rotatable bonds is 5. The summed E-state index contributed by atoms with van der Waals surface area (Å²) in [6.07, 6.45) is 0. The first-order valence-electron chi connectivity index (χ1n) is 27.6. The van der Waals surface area contributed by atoms with E-state index in [1.165, 1.54) is 133 Å². The van der Waals surface area contributed by atoms with Crippen molar-refractivity contribution in [3.63, 3.8) is 0 Å². The molecule has 3 aliphatic heterocycles. The normalized spacial score (nSPS) is 13.2. The van der Waals surface area contributed by atoms with Crippen LogP contribution in [0.5, 0.6) is 0 Å². The van der Waals surface area contributed by atoms with Crippen LogP contribution in [0.25, 0.3) is 83.1 Å². The Hall–Kier alpha value is -9.12. The minimum Gasteiger partial charge on any atom is -0.311 e. The molecule has 0 saturated heterocycles. The summed E-state index contributed by atoms with van der Waals surface area (Å²) < 4.78 is 2.47. The molecule has 4 heterocycles. The van der Waals surface area contributed by atoms with Crippen LogP contribution in [0.2, 0.25) is 0 Å². The fourth-order valence-corrected chi connectivity index (χ4v) is 13.1. The van der Waals surface area contributed by atoms with Crippen molar-refractivity contribution >= 4 is 79.0 Å². The molecule has 11 aromatic carbocycles. The second kappa shape index (κ2) is 17.2. The van der Waals surface area contributed by atoms with Gasteiger partial charge in [0.25, 0.3) is 6.71 Å². The van der Waals surface area contributed by atoms with Crippen LogP contribution in [0.4, 0.5) is 34.1 Å². The predicted octanol–water partition coefficient (Wildman–Crippen LogP) is 18.1. The highest BCUT2D eigenvalue weighted by molar-refractivity contribution is 7.00. The molecule has 0 fully saturated rings. The molecule has 0 amide bonds. The number of nitrogens with zero attached hydrogens (tertiary/aromatic N) is 3. The number of benzene rings is 11. The molecule has 0 N–H and O–H groups in total. The zero-order valence-electron chi connectivity index (χ0n) is 45.0. The molecule has 0 atom stereocenters. The molecular formula is C74H58BN3. The van der Waals surface area contributed by atoms with Gasteiger partial charge in [-0.2, -0.15) is 0 Å². The number of para-hydroxylation sites is 2. The van der Waals surface area contributed by atoms with E-state index in [9.17, 15) is 0 Å². The fraction of sp³-hybridized carbons (Fsp3) is 0.108. The van der Waals surface area contributed by atoms with Crippen LogP contribution < -0.4 is 26.2 Å². The van der Waals surface area contributed by atoms with Gasteiger partial charge in [-0.3, -0.25) is 0 Å². The van der Waals surface area contributed by atoms with Crippen LogP contribution >= 0.6 is 0 Å². The van der Waals surface area contributed by atoms with Gasteiger partial charge in [0, 0.05) is 56.0 Å². The zero-order chi connectivity index (χ0) is 52.6. The second-order valence-electron chi connectivity index (χ2n) is 23.7. The summed E-state index contributed by atoms with van der Waals surface area (Å²) in [5.74, 6) is 0. The van der Waals surface area contributed by atoms with Gasteiger partial charge in [-0.15, -0.1) is 0 Å². The standard InChI is InChI=1S/C74H58BN3/c1-73(2,3)53-40-51(41-54(45-53)74(4,5)6)49-32-35-55(36-33-49)76-68-30-19-31-69-71(68)75(63-38-37-56(46-70(63)76)77-65-28-17-15-26-59(65)60-27-16-18-29-66(60)77)64-44-52(48-22-11-8-12-23-48)43-62-58-25-14-13-24-57(58)61-42-50(47-20-9-7-10-21-47)34-39-67(61)78(69)72(62)64/h7-46H,1-6H3. The average molecular weight is 1000 g/mol. The lowest BCUT2D eigenvalue weighted by molar-refractivity contribution is 0.569. The topological polar surface area (TPSA) is 11.4 Å². The number of anilines is 6. The third kappa shape index (κ3) is 7.12. The summed E-state index contributed by atoms with van der Waals surface area (Å²) >= 11 is 0. The summed E-state index contributed by atoms with van der Waals surface area (Å²) in [6, 6.07) is 91.7. The Morgan fingerprint density at radius 1 is 0.308 bits per heavy atom. The van der Waals surface area contributed by atoms with E-state index in [-0.39, 0.29) is 17.5 Å². The molecule has 3 aliphatic rings. The maximum atomic E-state index is 2.62. The monoisotopic (exact) mass is 999 g/mol. The van der Waals surface area contributed by atoms with E-state index in [4.69, 9.17) is 0 Å². The first kappa shape index (κ1) is 46.2. The van der Waals surface area contributed by atoms with Gasteiger partial charge in [-0.05, 0) is 150 Å². The lowest BCUT2D eigenvalue weighted by Crippen LogP contribution is -2.61. The minimum absolute atomic E-state index is 0.00653. The highest BCUT2D eigenvalue weighted by Gasteiger charge is 2.46. The third-order valence-corrected chi connectivity index (χ3v) is 17.0. The van der Waals surface area contributed by atoms with Crippen molar-refractivity contribution in [1.82, 2.24) is 4.57 Å². The van der Waals surface area contributed by atoms with Gasteiger partial charge in [0.15, 0.2) is 0 Å². The Morgan fingerprint density at radius 2 is 0.821 bits per heavy atom. The van der Waals surface area contributed by atoms with Crippen molar-refractivity contribution in [1.29, 1.82) is 0 Å². The van der Waals surface area contributed by atoms with E-state index in [0.717, 1.165) is 11.4 Å². The second-order valence-corrected chi connectivity index (χ2v) is 23.7. The van der Waals surface area contributed by atoms with Gasteiger partial charge in [-0.1, -0.05) is 217 Å². The molecule has 0 radical (unpaired) electrons. The number of hydrogen-bond donors (Lipinski definition) is 0. The molecular weight excluding hydrogens is 942 g/mol. The van der Waals surface area contributed by atoms with E-state index in [0.29, 0.717) is 0 Å². The van der Waals surface area contributed by atoms with Gasteiger partial charge in [0.05, 0.1) is 16.7 Å². The lowest BCUT2D eigenvalue weighted by atomic mass is 9.33. The Balaban J connectivity index is 1.01. The van der Waals surface area contributed by atoms with Crippen LogP contribution in [0, 0.1) is 0 Å². The van der Waals surface area contributed by atoms with E-state index in [1.807, 2.05) is 0 Å². The van der Waals surface area contributed by atoms with Gasteiger partial charge >= 0.3 is 0 Å². The fourth-order valence-electron chi connectivity index (χ4n) is 13.1. The highest BCUT2D eigenvalue weighted by Crippen LogP contribution is 2.54. The van der Waals surface area contributed by atoms with Crippen molar-refractivity contribution in [2.24, 2.45) is 0 Å². The molecule has 78 heavy (non-hydrogen) atoms.